The summed E-state index contributed by atoms with van der Waals surface area (Å²) in [5.41, 5.74) is 6.28. The van der Waals surface area contributed by atoms with Crippen molar-refractivity contribution in [2.45, 2.75) is 33.7 Å². The van der Waals surface area contributed by atoms with Crippen LogP contribution in [-0.2, 0) is 0 Å². The Morgan fingerprint density at radius 2 is 1.80 bits per heavy atom. The van der Waals surface area contributed by atoms with E-state index in [1.54, 1.807) is 0 Å². The second kappa shape index (κ2) is 6.43. The van der Waals surface area contributed by atoms with Gasteiger partial charge in [0.2, 0.25) is 0 Å². The van der Waals surface area contributed by atoms with E-state index in [2.05, 4.69) is 63.3 Å². The summed E-state index contributed by atoms with van der Waals surface area (Å²) < 4.78 is 0. The van der Waals surface area contributed by atoms with E-state index in [-0.39, 0.29) is 6.04 Å². The first-order valence-corrected chi connectivity index (χ1v) is 7.48. The van der Waals surface area contributed by atoms with E-state index in [0.717, 1.165) is 17.1 Å². The van der Waals surface area contributed by atoms with Crippen LogP contribution in [0.25, 0.3) is 0 Å². The molecule has 0 aliphatic heterocycles. The lowest BCUT2D eigenvalue weighted by Crippen LogP contribution is -2.23. The number of hydrogen-bond donors (Lipinski definition) is 1. The lowest BCUT2D eigenvalue weighted by Gasteiger charge is -2.23. The summed E-state index contributed by atoms with van der Waals surface area (Å²) in [5, 5.41) is 4.39. The molecular weight excluding hydrogens is 266 g/mol. The van der Waals surface area contributed by atoms with Crippen molar-refractivity contribution in [3.05, 3.63) is 69.2 Å². The van der Waals surface area contributed by atoms with Crippen molar-refractivity contribution in [2.75, 3.05) is 6.54 Å². The van der Waals surface area contributed by atoms with Crippen molar-refractivity contribution in [1.82, 2.24) is 5.32 Å². The first-order valence-electron chi connectivity index (χ1n) is 7.10. The SMILES string of the molecule is CCNC(c1ccc(C)cc1Cl)c1cccc(C)c1C. The van der Waals surface area contributed by atoms with Crippen molar-refractivity contribution in [1.29, 1.82) is 0 Å². The zero-order valence-electron chi connectivity index (χ0n) is 12.6. The van der Waals surface area contributed by atoms with E-state index in [1.165, 1.54) is 22.3 Å². The summed E-state index contributed by atoms with van der Waals surface area (Å²) in [4.78, 5) is 0. The van der Waals surface area contributed by atoms with E-state index in [4.69, 9.17) is 11.6 Å². The van der Waals surface area contributed by atoms with Gasteiger partial charge in [0.25, 0.3) is 0 Å². The molecule has 2 aromatic rings. The average Bonchev–Trinajstić information content (AvgIpc) is 2.40. The Balaban J connectivity index is 2.53. The predicted octanol–water partition coefficient (Wildman–Crippen LogP) is 4.96. The summed E-state index contributed by atoms with van der Waals surface area (Å²) in [6.45, 7) is 9.42. The van der Waals surface area contributed by atoms with Crippen LogP contribution >= 0.6 is 11.6 Å². The van der Waals surface area contributed by atoms with Crippen LogP contribution in [0.2, 0.25) is 5.02 Å². The molecule has 0 saturated heterocycles. The average molecular weight is 288 g/mol. The molecule has 0 bridgehead atoms. The van der Waals surface area contributed by atoms with Gasteiger partial charge in [-0.1, -0.05) is 48.9 Å². The Kier molecular flexibility index (Phi) is 4.85. The van der Waals surface area contributed by atoms with E-state index in [0.29, 0.717) is 0 Å². The van der Waals surface area contributed by atoms with Crippen LogP contribution in [0.4, 0.5) is 0 Å². The number of nitrogens with one attached hydrogen (secondary N) is 1. The standard InChI is InChI=1S/C18H22ClN/c1-5-20-18(15-8-6-7-13(3)14(15)4)16-10-9-12(2)11-17(16)19/h6-11,18,20H,5H2,1-4H3. The molecule has 0 aliphatic carbocycles. The summed E-state index contributed by atoms with van der Waals surface area (Å²) in [7, 11) is 0. The molecule has 2 heteroatoms. The third-order valence-electron chi connectivity index (χ3n) is 3.83. The molecule has 106 valence electrons. The smallest absolute Gasteiger partial charge is 0.0594 e. The van der Waals surface area contributed by atoms with Crippen LogP contribution in [0.5, 0.6) is 0 Å². The van der Waals surface area contributed by atoms with Crippen LogP contribution in [0.1, 0.15) is 40.8 Å². The lowest BCUT2D eigenvalue weighted by atomic mass is 9.92. The summed E-state index contributed by atoms with van der Waals surface area (Å²) in [6, 6.07) is 12.9. The Bertz CT molecular complexity index is 604. The quantitative estimate of drug-likeness (QED) is 0.838. The molecule has 1 nitrogen and oxygen atoms in total. The molecule has 0 radical (unpaired) electrons. The van der Waals surface area contributed by atoms with E-state index >= 15 is 0 Å². The highest BCUT2D eigenvalue weighted by atomic mass is 35.5. The Hall–Kier alpha value is -1.31. The van der Waals surface area contributed by atoms with Crippen LogP contribution in [0.15, 0.2) is 36.4 Å². The fourth-order valence-corrected chi connectivity index (χ4v) is 2.89. The molecule has 2 rings (SSSR count). The van der Waals surface area contributed by atoms with Crippen LogP contribution in [0.3, 0.4) is 0 Å². The second-order valence-electron chi connectivity index (χ2n) is 5.30. The Morgan fingerprint density at radius 3 is 2.45 bits per heavy atom. The van der Waals surface area contributed by atoms with Gasteiger partial charge in [-0.25, -0.2) is 0 Å². The van der Waals surface area contributed by atoms with Gasteiger partial charge in [-0.2, -0.15) is 0 Å². The molecule has 20 heavy (non-hydrogen) atoms. The molecule has 1 atom stereocenters. The maximum atomic E-state index is 6.46. The highest BCUT2D eigenvalue weighted by molar-refractivity contribution is 6.31. The van der Waals surface area contributed by atoms with Gasteiger partial charge in [0, 0.05) is 5.02 Å². The third kappa shape index (κ3) is 3.05. The van der Waals surface area contributed by atoms with Crippen LogP contribution < -0.4 is 5.32 Å². The normalized spacial score (nSPS) is 12.4. The van der Waals surface area contributed by atoms with E-state index in [9.17, 15) is 0 Å². The number of benzene rings is 2. The second-order valence-corrected chi connectivity index (χ2v) is 5.71. The molecule has 1 unspecified atom stereocenters. The maximum Gasteiger partial charge on any atom is 0.0594 e. The zero-order valence-corrected chi connectivity index (χ0v) is 13.4. The lowest BCUT2D eigenvalue weighted by molar-refractivity contribution is 0.627. The number of hydrogen-bond acceptors (Lipinski definition) is 1. The minimum Gasteiger partial charge on any atom is -0.306 e. The minimum atomic E-state index is 0.146. The van der Waals surface area contributed by atoms with Gasteiger partial charge in [-0.3, -0.25) is 0 Å². The number of aryl methyl sites for hydroxylation is 2. The fraction of sp³-hybridized carbons (Fsp3) is 0.333. The first-order chi connectivity index (χ1) is 9.54. The van der Waals surface area contributed by atoms with Crippen LogP contribution in [0, 0.1) is 20.8 Å². The molecule has 0 amide bonds. The highest BCUT2D eigenvalue weighted by Gasteiger charge is 2.18. The van der Waals surface area contributed by atoms with Crippen molar-refractivity contribution >= 4 is 11.6 Å². The van der Waals surface area contributed by atoms with E-state index < -0.39 is 0 Å². The molecule has 0 aromatic heterocycles. The molecule has 0 spiro atoms. The maximum absolute atomic E-state index is 6.46. The third-order valence-corrected chi connectivity index (χ3v) is 4.16. The Labute approximate surface area is 127 Å². The molecule has 0 fully saturated rings. The Morgan fingerprint density at radius 1 is 1.05 bits per heavy atom. The fourth-order valence-electron chi connectivity index (χ4n) is 2.54. The topological polar surface area (TPSA) is 12.0 Å². The van der Waals surface area contributed by atoms with Crippen molar-refractivity contribution < 1.29 is 0 Å². The summed E-state index contributed by atoms with van der Waals surface area (Å²) in [5.74, 6) is 0. The van der Waals surface area contributed by atoms with Crippen LogP contribution in [-0.4, -0.2) is 6.54 Å². The van der Waals surface area contributed by atoms with Crippen molar-refractivity contribution in [3.8, 4) is 0 Å². The van der Waals surface area contributed by atoms with Gasteiger partial charge in [-0.05, 0) is 61.2 Å². The van der Waals surface area contributed by atoms with Gasteiger partial charge in [0.05, 0.1) is 6.04 Å². The number of rotatable bonds is 4. The molecule has 0 heterocycles. The summed E-state index contributed by atoms with van der Waals surface area (Å²) in [6.07, 6.45) is 0. The van der Waals surface area contributed by atoms with Gasteiger partial charge in [0.15, 0.2) is 0 Å². The van der Waals surface area contributed by atoms with Crippen molar-refractivity contribution in [2.24, 2.45) is 0 Å². The monoisotopic (exact) mass is 287 g/mol. The zero-order chi connectivity index (χ0) is 14.7. The van der Waals surface area contributed by atoms with Crippen molar-refractivity contribution in [3.63, 3.8) is 0 Å². The van der Waals surface area contributed by atoms with Gasteiger partial charge >= 0.3 is 0 Å². The largest absolute Gasteiger partial charge is 0.306 e. The van der Waals surface area contributed by atoms with Gasteiger partial charge in [-0.15, -0.1) is 0 Å². The molecule has 0 aliphatic rings. The molecular formula is C18H22ClN. The first kappa shape index (κ1) is 15.1. The summed E-state index contributed by atoms with van der Waals surface area (Å²) >= 11 is 6.46. The van der Waals surface area contributed by atoms with E-state index in [1.807, 2.05) is 6.07 Å². The molecule has 2 aromatic carbocycles. The molecule has 0 saturated carbocycles. The van der Waals surface area contributed by atoms with Gasteiger partial charge in [0.1, 0.15) is 0 Å². The van der Waals surface area contributed by atoms with Gasteiger partial charge < -0.3 is 5.32 Å². The predicted molar refractivity (Wildman–Crippen MR) is 87.6 cm³/mol. The number of halogens is 1. The molecule has 1 N–H and O–H groups in total. The minimum absolute atomic E-state index is 0.146. The highest BCUT2D eigenvalue weighted by Crippen LogP contribution is 2.31.